The highest BCUT2D eigenvalue weighted by atomic mass is 16.5. The van der Waals surface area contributed by atoms with Crippen molar-refractivity contribution in [1.29, 1.82) is 0 Å². The lowest BCUT2D eigenvalue weighted by molar-refractivity contribution is 0.160. The van der Waals surface area contributed by atoms with Gasteiger partial charge in [-0.15, -0.1) is 0 Å². The van der Waals surface area contributed by atoms with E-state index in [0.717, 1.165) is 12.2 Å². The van der Waals surface area contributed by atoms with Crippen LogP contribution in [0.3, 0.4) is 0 Å². The van der Waals surface area contributed by atoms with Crippen LogP contribution in [0.2, 0.25) is 0 Å². The van der Waals surface area contributed by atoms with Crippen LogP contribution in [0.4, 0.5) is 0 Å². The molecule has 0 amide bonds. The number of hydrogen-bond donors (Lipinski definition) is 0. The molecule has 2 aromatic rings. The predicted molar refractivity (Wildman–Crippen MR) is 52.0 cm³/mol. The Kier molecular flexibility index (Phi) is 1.56. The molecule has 0 bridgehead atoms. The van der Waals surface area contributed by atoms with Gasteiger partial charge in [0, 0.05) is 18.8 Å². The lowest BCUT2D eigenvalue weighted by atomic mass is 10.1. The van der Waals surface area contributed by atoms with E-state index in [1.54, 1.807) is 12.5 Å². The molecule has 70 valence electrons. The van der Waals surface area contributed by atoms with Gasteiger partial charge in [0.2, 0.25) is 0 Å². The molecule has 0 saturated carbocycles. The van der Waals surface area contributed by atoms with Crippen LogP contribution in [0, 0.1) is 0 Å². The number of hydrogen-bond acceptors (Lipinski definition) is 2. The molecule has 1 aliphatic rings. The number of para-hydroxylation sites is 1. The van der Waals surface area contributed by atoms with Gasteiger partial charge in [-0.05, 0) is 11.6 Å². The highest BCUT2D eigenvalue weighted by Gasteiger charge is 2.22. The van der Waals surface area contributed by atoms with Gasteiger partial charge >= 0.3 is 0 Å². The summed E-state index contributed by atoms with van der Waals surface area (Å²) in [4.78, 5) is 4.01. The molecule has 1 unspecified atom stereocenters. The summed E-state index contributed by atoms with van der Waals surface area (Å²) in [6, 6.07) is 8.14. The molecule has 0 fully saturated rings. The minimum Gasteiger partial charge on any atom is -0.470 e. The first-order chi connectivity index (χ1) is 6.93. The highest BCUT2D eigenvalue weighted by Crippen LogP contribution is 2.32. The maximum absolute atomic E-state index is 5.77. The number of nitrogens with zero attached hydrogens (tertiary/aromatic N) is 2. The van der Waals surface area contributed by atoms with Crippen molar-refractivity contribution in [2.45, 2.75) is 12.6 Å². The summed E-state index contributed by atoms with van der Waals surface area (Å²) in [6.45, 7) is 0. The Morgan fingerprint density at radius 3 is 3.07 bits per heavy atom. The molecular formula is C11H10N2O. The number of benzene rings is 1. The monoisotopic (exact) mass is 186 g/mol. The molecule has 3 heteroatoms. The maximum atomic E-state index is 5.77. The number of aromatic nitrogens is 2. The van der Waals surface area contributed by atoms with Crippen LogP contribution in [-0.2, 0) is 6.42 Å². The number of fused-ring (bicyclic) bond motifs is 1. The lowest BCUT2D eigenvalue weighted by Gasteiger charge is -2.10. The van der Waals surface area contributed by atoms with Crippen molar-refractivity contribution < 1.29 is 4.74 Å². The Morgan fingerprint density at radius 2 is 2.29 bits per heavy atom. The van der Waals surface area contributed by atoms with Crippen LogP contribution in [-0.4, -0.2) is 9.55 Å². The van der Waals surface area contributed by atoms with Crippen LogP contribution in [0.5, 0.6) is 5.75 Å². The Hall–Kier alpha value is -1.77. The van der Waals surface area contributed by atoms with E-state index in [2.05, 4.69) is 11.1 Å². The van der Waals surface area contributed by atoms with Crippen LogP contribution in [0.25, 0.3) is 0 Å². The van der Waals surface area contributed by atoms with Gasteiger partial charge in [0.25, 0.3) is 0 Å². The summed E-state index contributed by atoms with van der Waals surface area (Å²) in [5.41, 5.74) is 1.27. The maximum Gasteiger partial charge on any atom is 0.181 e. The van der Waals surface area contributed by atoms with Crippen molar-refractivity contribution in [1.82, 2.24) is 9.55 Å². The predicted octanol–water partition coefficient (Wildman–Crippen LogP) is 2.02. The molecule has 0 N–H and O–H groups in total. The van der Waals surface area contributed by atoms with Crippen molar-refractivity contribution in [3.05, 3.63) is 48.5 Å². The molecule has 1 aromatic carbocycles. The fraction of sp³-hybridized carbons (Fsp3) is 0.182. The van der Waals surface area contributed by atoms with Gasteiger partial charge in [0.1, 0.15) is 5.75 Å². The quantitative estimate of drug-likeness (QED) is 0.681. The second-order valence-electron chi connectivity index (χ2n) is 3.39. The molecule has 2 heterocycles. The SMILES string of the molecule is c1ccc2c(c1)CC(n1ccnc1)O2. The zero-order valence-corrected chi connectivity index (χ0v) is 7.63. The standard InChI is InChI=1S/C11H10N2O/c1-2-4-10-9(3-1)7-11(14-10)13-6-5-12-8-13/h1-6,8,11H,7H2. The van der Waals surface area contributed by atoms with E-state index in [4.69, 9.17) is 4.74 Å². The van der Waals surface area contributed by atoms with E-state index in [0.29, 0.717) is 0 Å². The Balaban J connectivity index is 1.92. The van der Waals surface area contributed by atoms with E-state index in [9.17, 15) is 0 Å². The van der Waals surface area contributed by atoms with Crippen molar-refractivity contribution in [3.8, 4) is 5.75 Å². The van der Waals surface area contributed by atoms with Crippen molar-refractivity contribution in [2.24, 2.45) is 0 Å². The van der Waals surface area contributed by atoms with Gasteiger partial charge in [0.05, 0.1) is 6.33 Å². The normalized spacial score (nSPS) is 19.0. The largest absolute Gasteiger partial charge is 0.470 e. The molecule has 14 heavy (non-hydrogen) atoms. The third-order valence-electron chi connectivity index (χ3n) is 2.49. The average molecular weight is 186 g/mol. The summed E-state index contributed by atoms with van der Waals surface area (Å²) in [5, 5.41) is 0. The first-order valence-electron chi connectivity index (χ1n) is 4.65. The molecule has 1 atom stereocenters. The summed E-state index contributed by atoms with van der Waals surface area (Å²) >= 11 is 0. The van der Waals surface area contributed by atoms with Crippen molar-refractivity contribution in [2.75, 3.05) is 0 Å². The van der Waals surface area contributed by atoms with Gasteiger partial charge < -0.3 is 9.30 Å². The van der Waals surface area contributed by atoms with E-state index >= 15 is 0 Å². The fourth-order valence-electron chi connectivity index (χ4n) is 1.77. The third kappa shape index (κ3) is 1.09. The topological polar surface area (TPSA) is 27.1 Å². The highest BCUT2D eigenvalue weighted by molar-refractivity contribution is 5.36. The van der Waals surface area contributed by atoms with E-state index in [1.807, 2.05) is 29.0 Å². The summed E-state index contributed by atoms with van der Waals surface area (Å²) < 4.78 is 7.76. The van der Waals surface area contributed by atoms with Crippen LogP contribution in [0.15, 0.2) is 43.0 Å². The van der Waals surface area contributed by atoms with E-state index in [1.165, 1.54) is 5.56 Å². The Bertz CT molecular complexity index is 411. The molecular weight excluding hydrogens is 176 g/mol. The van der Waals surface area contributed by atoms with Gasteiger partial charge in [-0.1, -0.05) is 18.2 Å². The first kappa shape index (κ1) is 7.62. The molecule has 0 radical (unpaired) electrons. The number of rotatable bonds is 1. The molecule has 0 saturated heterocycles. The Morgan fingerprint density at radius 1 is 1.36 bits per heavy atom. The van der Waals surface area contributed by atoms with Gasteiger partial charge in [-0.3, -0.25) is 0 Å². The van der Waals surface area contributed by atoms with Gasteiger partial charge in [-0.25, -0.2) is 4.98 Å². The molecule has 0 aliphatic carbocycles. The number of ether oxygens (including phenoxy) is 1. The van der Waals surface area contributed by atoms with Gasteiger partial charge in [-0.2, -0.15) is 0 Å². The van der Waals surface area contributed by atoms with E-state index < -0.39 is 0 Å². The van der Waals surface area contributed by atoms with E-state index in [-0.39, 0.29) is 6.23 Å². The Labute approximate surface area is 82.0 Å². The smallest absolute Gasteiger partial charge is 0.181 e. The zero-order valence-electron chi connectivity index (χ0n) is 7.63. The first-order valence-corrected chi connectivity index (χ1v) is 4.65. The summed E-state index contributed by atoms with van der Waals surface area (Å²) in [6.07, 6.45) is 6.49. The second-order valence-corrected chi connectivity index (χ2v) is 3.39. The van der Waals surface area contributed by atoms with Gasteiger partial charge in [0.15, 0.2) is 6.23 Å². The minimum atomic E-state index is 0.0786. The molecule has 3 rings (SSSR count). The van der Waals surface area contributed by atoms with Crippen molar-refractivity contribution >= 4 is 0 Å². The van der Waals surface area contributed by atoms with Crippen LogP contribution >= 0.6 is 0 Å². The lowest BCUT2D eigenvalue weighted by Crippen LogP contribution is -2.10. The molecule has 1 aromatic heterocycles. The summed E-state index contributed by atoms with van der Waals surface area (Å²) in [5.74, 6) is 0.992. The average Bonchev–Trinajstić information content (AvgIpc) is 2.86. The zero-order chi connectivity index (χ0) is 9.38. The van der Waals surface area contributed by atoms with Crippen molar-refractivity contribution in [3.63, 3.8) is 0 Å². The molecule has 3 nitrogen and oxygen atoms in total. The molecule has 1 aliphatic heterocycles. The fourth-order valence-corrected chi connectivity index (χ4v) is 1.77. The molecule has 0 spiro atoms. The number of imidazole rings is 1. The minimum absolute atomic E-state index is 0.0786. The van der Waals surface area contributed by atoms with Crippen LogP contribution < -0.4 is 4.74 Å². The third-order valence-corrected chi connectivity index (χ3v) is 2.49. The van der Waals surface area contributed by atoms with Crippen LogP contribution in [0.1, 0.15) is 11.8 Å². The summed E-state index contributed by atoms with van der Waals surface area (Å²) in [7, 11) is 0. The second kappa shape index (κ2) is 2.87.